The molecule has 2 aliphatic carbocycles. The quantitative estimate of drug-likeness (QED) is 0.182. The van der Waals surface area contributed by atoms with Crippen LogP contribution < -0.4 is 16.5 Å². The van der Waals surface area contributed by atoms with Gasteiger partial charge in [-0.3, -0.25) is 9.83 Å². The van der Waals surface area contributed by atoms with Crippen molar-refractivity contribution in [3.8, 4) is 0 Å². The van der Waals surface area contributed by atoms with Gasteiger partial charge in [0.25, 0.3) is 0 Å². The van der Waals surface area contributed by atoms with Crippen LogP contribution in [0.15, 0.2) is 41.4 Å². The number of benzene rings is 1. The van der Waals surface area contributed by atoms with Crippen LogP contribution in [0.25, 0.3) is 0 Å². The van der Waals surface area contributed by atoms with Gasteiger partial charge in [0.05, 0.1) is 11.8 Å². The zero-order chi connectivity index (χ0) is 26.1. The van der Waals surface area contributed by atoms with Crippen LogP contribution in [0.4, 0.5) is 19.3 Å². The minimum absolute atomic E-state index is 0.0654. The number of primary amides is 1. The summed E-state index contributed by atoms with van der Waals surface area (Å²) in [6, 6.07) is 1.45. The molecule has 2 amide bonds. The molecule has 36 heavy (non-hydrogen) atoms. The monoisotopic (exact) mass is 502 g/mol. The lowest BCUT2D eigenvalue weighted by molar-refractivity contribution is -0.0540. The summed E-state index contributed by atoms with van der Waals surface area (Å²) in [4.78, 5) is 21.7. The lowest BCUT2D eigenvalue weighted by atomic mass is 9.81. The van der Waals surface area contributed by atoms with Gasteiger partial charge in [-0.05, 0) is 81.8 Å². The van der Waals surface area contributed by atoms with Crippen LogP contribution in [0.1, 0.15) is 83.1 Å². The summed E-state index contributed by atoms with van der Waals surface area (Å²) in [5, 5.41) is 2.11. The molecule has 1 fully saturated rings. The number of nitrogens with one attached hydrogen (secondary N) is 2. The maximum atomic E-state index is 14.6. The smallest absolute Gasteiger partial charge is 0.316 e. The summed E-state index contributed by atoms with van der Waals surface area (Å²) >= 11 is 0. The van der Waals surface area contributed by atoms with E-state index < -0.39 is 17.7 Å². The second-order valence-electron chi connectivity index (χ2n) is 10.0. The van der Waals surface area contributed by atoms with Crippen LogP contribution in [0, 0.1) is 17.6 Å². The highest BCUT2D eigenvalue weighted by Crippen LogP contribution is 2.36. The maximum Gasteiger partial charge on any atom is 0.316 e. The standard InChI is InChI=1S/C28H40F2N4O2/c1-4-19(5-2)17-32-18(3)14-20-6-12-23(13-7-20)36-34-22-10-8-21(9-11-22)24-15-26(30)27(16-25(24)29)33-28(31)35/h4,6,15-16,19,21-23,34H,1,5,7-14,17H2,2-3H3,(H3,31,33,35). The first-order chi connectivity index (χ1) is 17.3. The van der Waals surface area contributed by atoms with Crippen molar-refractivity contribution in [2.24, 2.45) is 16.6 Å². The van der Waals surface area contributed by atoms with Crippen molar-refractivity contribution in [3.63, 3.8) is 0 Å². The minimum Gasteiger partial charge on any atom is -0.351 e. The molecule has 4 N–H and O–H groups in total. The van der Waals surface area contributed by atoms with Gasteiger partial charge >= 0.3 is 6.03 Å². The minimum atomic E-state index is -0.925. The summed E-state index contributed by atoms with van der Waals surface area (Å²) in [6.07, 6.45) is 12.4. The van der Waals surface area contributed by atoms with Crippen molar-refractivity contribution in [2.75, 3.05) is 11.9 Å². The van der Waals surface area contributed by atoms with E-state index in [-0.39, 0.29) is 23.8 Å². The average Bonchev–Trinajstić information content (AvgIpc) is 2.86. The molecule has 1 aromatic carbocycles. The lowest BCUT2D eigenvalue weighted by Gasteiger charge is -2.31. The van der Waals surface area contributed by atoms with Crippen molar-refractivity contribution in [1.82, 2.24) is 5.48 Å². The van der Waals surface area contributed by atoms with Crippen molar-refractivity contribution in [3.05, 3.63) is 53.6 Å². The van der Waals surface area contributed by atoms with Gasteiger partial charge in [0, 0.05) is 30.8 Å². The Balaban J connectivity index is 1.40. The number of anilines is 1. The van der Waals surface area contributed by atoms with Gasteiger partial charge in [0.2, 0.25) is 0 Å². The van der Waals surface area contributed by atoms with Crippen LogP contribution in [0.5, 0.6) is 0 Å². The molecule has 0 bridgehead atoms. The Bertz CT molecular complexity index is 971. The van der Waals surface area contributed by atoms with E-state index in [0.717, 1.165) is 70.4 Å². The van der Waals surface area contributed by atoms with E-state index in [4.69, 9.17) is 15.6 Å². The number of urea groups is 1. The van der Waals surface area contributed by atoms with E-state index in [1.165, 1.54) is 17.4 Å². The van der Waals surface area contributed by atoms with Crippen LogP contribution >= 0.6 is 0 Å². The number of nitrogens with two attached hydrogens (primary N) is 1. The predicted molar refractivity (Wildman–Crippen MR) is 141 cm³/mol. The number of carbonyl (C=O) groups excluding carboxylic acids is 1. The zero-order valence-electron chi connectivity index (χ0n) is 21.5. The number of hydrogen-bond acceptors (Lipinski definition) is 4. The molecule has 1 saturated carbocycles. The Labute approximate surface area is 213 Å². The number of halogens is 2. The summed E-state index contributed by atoms with van der Waals surface area (Å²) in [6.45, 7) is 8.95. The summed E-state index contributed by atoms with van der Waals surface area (Å²) in [5.74, 6) is -0.819. The molecule has 0 spiro atoms. The van der Waals surface area contributed by atoms with Crippen molar-refractivity contribution in [2.45, 2.75) is 89.7 Å². The molecule has 198 valence electrons. The van der Waals surface area contributed by atoms with Crippen molar-refractivity contribution >= 4 is 17.4 Å². The summed E-state index contributed by atoms with van der Waals surface area (Å²) in [5.41, 5.74) is 10.9. The molecule has 6 nitrogen and oxygen atoms in total. The molecule has 3 rings (SSSR count). The fourth-order valence-electron chi connectivity index (χ4n) is 4.98. The van der Waals surface area contributed by atoms with E-state index in [0.29, 0.717) is 11.5 Å². The van der Waals surface area contributed by atoms with Crippen LogP contribution in [0.3, 0.4) is 0 Å². The summed E-state index contributed by atoms with van der Waals surface area (Å²) < 4.78 is 28.8. The number of hydrogen-bond donors (Lipinski definition) is 3. The van der Waals surface area contributed by atoms with Gasteiger partial charge in [0.15, 0.2) is 0 Å². The average molecular weight is 503 g/mol. The highest BCUT2D eigenvalue weighted by Gasteiger charge is 2.27. The molecular formula is C28H40F2N4O2. The number of allylic oxidation sites excluding steroid dienone is 1. The van der Waals surface area contributed by atoms with E-state index in [1.54, 1.807) is 0 Å². The van der Waals surface area contributed by atoms with Gasteiger partial charge in [0.1, 0.15) is 11.6 Å². The van der Waals surface area contributed by atoms with E-state index in [1.807, 2.05) is 6.08 Å². The first-order valence-electron chi connectivity index (χ1n) is 13.1. The molecule has 2 unspecified atom stereocenters. The van der Waals surface area contributed by atoms with E-state index >= 15 is 0 Å². The van der Waals surface area contributed by atoms with Crippen LogP contribution in [-0.4, -0.2) is 30.4 Å². The van der Waals surface area contributed by atoms with Gasteiger partial charge in [-0.15, -0.1) is 6.58 Å². The van der Waals surface area contributed by atoms with Crippen molar-refractivity contribution in [1.29, 1.82) is 0 Å². The fraction of sp³-hybridized carbons (Fsp3) is 0.571. The summed E-state index contributed by atoms with van der Waals surface area (Å²) in [7, 11) is 0. The Kier molecular flexibility index (Phi) is 10.6. The molecule has 0 heterocycles. The van der Waals surface area contributed by atoms with E-state index in [9.17, 15) is 13.6 Å². The lowest BCUT2D eigenvalue weighted by Crippen LogP contribution is -2.36. The molecular weight excluding hydrogens is 462 g/mol. The van der Waals surface area contributed by atoms with Gasteiger partial charge in [-0.2, -0.15) is 5.48 Å². The molecule has 0 aliphatic heterocycles. The number of carbonyl (C=O) groups is 1. The third-order valence-electron chi connectivity index (χ3n) is 7.31. The Hall–Kier alpha value is -2.58. The molecule has 2 atom stereocenters. The Morgan fingerprint density at radius 3 is 2.61 bits per heavy atom. The number of amides is 2. The molecule has 0 saturated heterocycles. The Morgan fingerprint density at radius 2 is 2.00 bits per heavy atom. The number of aliphatic imine (C=N–C) groups is 1. The second kappa shape index (κ2) is 13.7. The van der Waals surface area contributed by atoms with Crippen molar-refractivity contribution < 1.29 is 18.4 Å². The third-order valence-corrected chi connectivity index (χ3v) is 7.31. The molecule has 1 aromatic rings. The largest absolute Gasteiger partial charge is 0.351 e. The topological polar surface area (TPSA) is 88.7 Å². The van der Waals surface area contributed by atoms with E-state index in [2.05, 4.69) is 37.3 Å². The molecule has 2 aliphatic rings. The molecule has 0 radical (unpaired) electrons. The van der Waals surface area contributed by atoms with Crippen LogP contribution in [0.2, 0.25) is 0 Å². The number of nitrogens with zero attached hydrogens (tertiary/aromatic N) is 1. The van der Waals surface area contributed by atoms with Gasteiger partial charge in [-0.1, -0.05) is 24.6 Å². The van der Waals surface area contributed by atoms with Crippen LogP contribution in [-0.2, 0) is 4.84 Å². The molecule has 0 aromatic heterocycles. The Morgan fingerprint density at radius 1 is 1.25 bits per heavy atom. The van der Waals surface area contributed by atoms with Gasteiger partial charge in [-0.25, -0.2) is 13.6 Å². The normalized spacial score (nSPS) is 23.6. The fourth-order valence-corrected chi connectivity index (χ4v) is 4.98. The SMILES string of the molecule is C=CC(CC)CN=C(C)CC1=CCC(ONC2CCC(c3cc(F)c(NC(N)=O)cc3F)CC2)CC1. The second-order valence-corrected chi connectivity index (χ2v) is 10.0. The first kappa shape index (κ1) is 28.0. The number of rotatable bonds is 11. The number of hydroxylamine groups is 1. The predicted octanol–water partition coefficient (Wildman–Crippen LogP) is 6.54. The highest BCUT2D eigenvalue weighted by atomic mass is 19.1. The van der Waals surface area contributed by atoms with Gasteiger partial charge < -0.3 is 11.1 Å². The highest BCUT2D eigenvalue weighted by molar-refractivity contribution is 5.88. The maximum absolute atomic E-state index is 14.6. The molecule has 8 heteroatoms. The third kappa shape index (κ3) is 8.23. The first-order valence-corrected chi connectivity index (χ1v) is 13.1. The zero-order valence-corrected chi connectivity index (χ0v) is 21.5.